The zero-order valence-corrected chi connectivity index (χ0v) is 18.6. The molecule has 1 aliphatic rings. The molecule has 1 saturated carbocycles. The van der Waals surface area contributed by atoms with Crippen LogP contribution < -0.4 is 16.8 Å². The van der Waals surface area contributed by atoms with E-state index in [-0.39, 0.29) is 5.71 Å². The topological polar surface area (TPSA) is 112 Å². The molecule has 0 heterocycles. The van der Waals surface area contributed by atoms with E-state index < -0.39 is 0 Å². The molecule has 0 bridgehead atoms. The maximum atomic E-state index is 8.56. The lowest BCUT2D eigenvalue weighted by Crippen LogP contribution is -2.30. The lowest BCUT2D eigenvalue weighted by atomic mass is 9.95. The van der Waals surface area contributed by atoms with Crippen LogP contribution in [0.25, 0.3) is 11.6 Å². The molecule has 3 rings (SSSR count). The van der Waals surface area contributed by atoms with Crippen LogP contribution in [0.15, 0.2) is 53.6 Å². The van der Waals surface area contributed by atoms with Crippen LogP contribution >= 0.6 is 12.6 Å². The molecule has 0 amide bonds. The smallest absolute Gasteiger partial charge is 0.0862 e. The quantitative estimate of drug-likeness (QED) is 0.201. The van der Waals surface area contributed by atoms with Crippen molar-refractivity contribution in [1.29, 1.82) is 10.8 Å². The minimum Gasteiger partial charge on any atom is -0.398 e. The molecule has 5 nitrogen and oxygen atoms in total. The molecular weight excluding hydrogens is 402 g/mol. The van der Waals surface area contributed by atoms with Crippen molar-refractivity contribution in [1.82, 2.24) is 5.32 Å². The van der Waals surface area contributed by atoms with E-state index in [0.717, 1.165) is 17.7 Å². The summed E-state index contributed by atoms with van der Waals surface area (Å²) in [4.78, 5) is 0. The molecule has 31 heavy (non-hydrogen) atoms. The second-order valence-electron chi connectivity index (χ2n) is 7.97. The third-order valence-electron chi connectivity index (χ3n) is 5.71. The Morgan fingerprint density at radius 3 is 2.61 bits per heavy atom. The molecule has 0 spiro atoms. The van der Waals surface area contributed by atoms with Gasteiger partial charge in [0.25, 0.3) is 0 Å². The van der Waals surface area contributed by atoms with Crippen molar-refractivity contribution in [2.24, 2.45) is 5.73 Å². The zero-order chi connectivity index (χ0) is 22.2. The number of hydrogen-bond donors (Lipinski definition) is 6. The van der Waals surface area contributed by atoms with Crippen molar-refractivity contribution in [3.8, 4) is 0 Å². The Bertz CT molecular complexity index is 1000. The molecule has 1 fully saturated rings. The summed E-state index contributed by atoms with van der Waals surface area (Å²) in [5.74, 6) is 0. The lowest BCUT2D eigenvalue weighted by Gasteiger charge is -2.22. The number of nitrogen functional groups attached to an aromatic ring is 1. The molecular formula is C25H31N5S. The number of thiol groups is 1. The van der Waals surface area contributed by atoms with Crippen molar-refractivity contribution >= 4 is 41.9 Å². The molecule has 0 saturated heterocycles. The van der Waals surface area contributed by atoms with Crippen LogP contribution in [0.5, 0.6) is 0 Å². The third-order valence-corrected chi connectivity index (χ3v) is 5.99. The van der Waals surface area contributed by atoms with Crippen molar-refractivity contribution < 1.29 is 0 Å². The number of hydrogen-bond acceptors (Lipinski definition) is 6. The molecule has 0 atom stereocenters. The summed E-state index contributed by atoms with van der Waals surface area (Å²) in [6, 6.07) is 14.1. The number of benzene rings is 2. The van der Waals surface area contributed by atoms with Crippen molar-refractivity contribution in [3.63, 3.8) is 0 Å². The van der Waals surface area contributed by atoms with E-state index in [0.29, 0.717) is 28.6 Å². The normalized spacial score (nSPS) is 15.6. The second kappa shape index (κ2) is 11.0. The van der Waals surface area contributed by atoms with Crippen LogP contribution in [0.1, 0.15) is 54.4 Å². The minimum absolute atomic E-state index is 0.161. The van der Waals surface area contributed by atoms with Gasteiger partial charge in [-0.3, -0.25) is 5.41 Å². The largest absolute Gasteiger partial charge is 0.398 e. The van der Waals surface area contributed by atoms with Gasteiger partial charge in [0.1, 0.15) is 0 Å². The van der Waals surface area contributed by atoms with Gasteiger partial charge >= 0.3 is 0 Å². The van der Waals surface area contributed by atoms with E-state index in [1.165, 1.54) is 43.9 Å². The molecule has 0 unspecified atom stereocenters. The third kappa shape index (κ3) is 6.09. The Balaban J connectivity index is 1.75. The zero-order valence-electron chi connectivity index (χ0n) is 17.7. The van der Waals surface area contributed by atoms with Gasteiger partial charge in [-0.25, -0.2) is 0 Å². The van der Waals surface area contributed by atoms with Gasteiger partial charge in [-0.15, -0.1) is 0 Å². The van der Waals surface area contributed by atoms with Gasteiger partial charge in [0.2, 0.25) is 0 Å². The Morgan fingerprint density at radius 2 is 1.90 bits per heavy atom. The highest BCUT2D eigenvalue weighted by molar-refractivity contribution is 7.83. The van der Waals surface area contributed by atoms with E-state index in [4.69, 9.17) is 22.3 Å². The van der Waals surface area contributed by atoms with Crippen LogP contribution in [-0.4, -0.2) is 18.0 Å². The molecule has 7 N–H and O–H groups in total. The average molecular weight is 434 g/mol. The Labute approximate surface area is 190 Å². The summed E-state index contributed by atoms with van der Waals surface area (Å²) in [5.41, 5.74) is 17.5. The predicted octanol–water partition coefficient (Wildman–Crippen LogP) is 4.98. The molecule has 0 radical (unpaired) electrons. The Hall–Kier alpha value is -2.83. The summed E-state index contributed by atoms with van der Waals surface area (Å²) in [6.07, 6.45) is 9.52. The number of nitrogens with one attached hydrogen (secondary N) is 3. The SMILES string of the molecule is N=C/C(=C\S)c1ccc(N)c(C(=N)/C(N)=C/c2cccc(CNC3CCCCC3)c2)c1. The molecule has 2 aromatic rings. The first-order valence-corrected chi connectivity index (χ1v) is 11.2. The maximum absolute atomic E-state index is 8.56. The lowest BCUT2D eigenvalue weighted by molar-refractivity contribution is 0.372. The van der Waals surface area contributed by atoms with Crippen LogP contribution in [0.4, 0.5) is 5.69 Å². The molecule has 0 aromatic heterocycles. The first kappa shape index (κ1) is 22.8. The van der Waals surface area contributed by atoms with Crippen LogP contribution in [-0.2, 0) is 6.54 Å². The van der Waals surface area contributed by atoms with Gasteiger partial charge in [-0.1, -0.05) is 49.6 Å². The highest BCUT2D eigenvalue weighted by Gasteiger charge is 2.13. The molecule has 1 aliphatic carbocycles. The fourth-order valence-corrected chi connectivity index (χ4v) is 4.14. The first-order valence-electron chi connectivity index (χ1n) is 10.7. The fraction of sp³-hybridized carbons (Fsp3) is 0.280. The highest BCUT2D eigenvalue weighted by atomic mass is 32.1. The van der Waals surface area contributed by atoms with Gasteiger partial charge in [0, 0.05) is 35.6 Å². The molecule has 162 valence electrons. The van der Waals surface area contributed by atoms with E-state index in [1.54, 1.807) is 17.5 Å². The fourth-order valence-electron chi connectivity index (χ4n) is 3.92. The van der Waals surface area contributed by atoms with Crippen LogP contribution in [0.3, 0.4) is 0 Å². The average Bonchev–Trinajstić information content (AvgIpc) is 2.80. The van der Waals surface area contributed by atoms with Crippen LogP contribution in [0.2, 0.25) is 0 Å². The van der Waals surface area contributed by atoms with Crippen molar-refractivity contribution in [2.75, 3.05) is 5.73 Å². The maximum Gasteiger partial charge on any atom is 0.0862 e. The standard InChI is InChI=1S/C25H31N5S/c26-14-20(16-31)19-9-10-23(27)22(13-19)25(29)24(28)12-17-5-4-6-18(11-17)15-30-21-7-2-1-3-8-21/h4-6,9-14,16,21,26,29-31H,1-3,7-8,15,27-28H2/b20-16+,24-12-,26-14?,29-25?. The van der Waals surface area contributed by atoms with Crippen molar-refractivity contribution in [2.45, 2.75) is 44.7 Å². The van der Waals surface area contributed by atoms with E-state index in [2.05, 4.69) is 30.1 Å². The molecule has 2 aromatic carbocycles. The first-order chi connectivity index (χ1) is 15.0. The summed E-state index contributed by atoms with van der Waals surface area (Å²) in [6.45, 7) is 0.834. The van der Waals surface area contributed by atoms with E-state index in [9.17, 15) is 0 Å². The van der Waals surface area contributed by atoms with Gasteiger partial charge in [-0.2, -0.15) is 12.6 Å². The minimum atomic E-state index is 0.161. The number of anilines is 1. The highest BCUT2D eigenvalue weighted by Crippen LogP contribution is 2.23. The Morgan fingerprint density at radius 1 is 1.13 bits per heavy atom. The van der Waals surface area contributed by atoms with Crippen molar-refractivity contribution in [3.05, 3.63) is 75.8 Å². The van der Waals surface area contributed by atoms with Gasteiger partial charge < -0.3 is 22.2 Å². The Kier molecular flexibility index (Phi) is 8.09. The summed E-state index contributed by atoms with van der Waals surface area (Å²) < 4.78 is 0. The van der Waals surface area contributed by atoms with E-state index >= 15 is 0 Å². The van der Waals surface area contributed by atoms with Gasteiger partial charge in [0.05, 0.1) is 11.4 Å². The van der Waals surface area contributed by atoms with Gasteiger partial charge in [-0.05, 0) is 53.1 Å². The van der Waals surface area contributed by atoms with E-state index in [1.807, 2.05) is 24.3 Å². The van der Waals surface area contributed by atoms with Crippen LogP contribution in [0, 0.1) is 10.8 Å². The number of rotatable bonds is 8. The summed E-state index contributed by atoms with van der Waals surface area (Å²) >= 11 is 4.15. The molecule has 6 heteroatoms. The second-order valence-corrected chi connectivity index (χ2v) is 8.22. The summed E-state index contributed by atoms with van der Waals surface area (Å²) in [5, 5.41) is 21.3. The molecule has 0 aliphatic heterocycles. The number of nitrogens with two attached hydrogens (primary N) is 2. The summed E-state index contributed by atoms with van der Waals surface area (Å²) in [7, 11) is 0. The monoisotopic (exact) mass is 433 g/mol. The predicted molar refractivity (Wildman–Crippen MR) is 136 cm³/mol. The van der Waals surface area contributed by atoms with Gasteiger partial charge in [0.15, 0.2) is 0 Å². The number of allylic oxidation sites excluding steroid dienone is 2.